The number of halogens is 1. The number of nitrogens with one attached hydrogen (secondary N) is 1. The summed E-state index contributed by atoms with van der Waals surface area (Å²) < 4.78 is 18.6. The third-order valence-corrected chi connectivity index (χ3v) is 3.60. The van der Waals surface area contributed by atoms with Crippen LogP contribution in [0.25, 0.3) is 11.3 Å². The summed E-state index contributed by atoms with van der Waals surface area (Å²) in [5.74, 6) is 0.517. The van der Waals surface area contributed by atoms with Crippen LogP contribution in [0.15, 0.2) is 59.0 Å². The molecule has 0 saturated carbocycles. The van der Waals surface area contributed by atoms with Crippen LogP contribution in [0, 0.1) is 19.7 Å². The van der Waals surface area contributed by atoms with Gasteiger partial charge in [0.1, 0.15) is 17.3 Å². The van der Waals surface area contributed by atoms with Crippen LogP contribution < -0.4 is 5.32 Å². The van der Waals surface area contributed by atoms with Gasteiger partial charge in [0.15, 0.2) is 0 Å². The molecule has 0 fully saturated rings. The third-order valence-electron chi connectivity index (χ3n) is 3.60. The van der Waals surface area contributed by atoms with Gasteiger partial charge in [-0.15, -0.1) is 0 Å². The normalized spacial score (nSPS) is 10.6. The summed E-state index contributed by atoms with van der Waals surface area (Å²) in [6.07, 6.45) is 0. The van der Waals surface area contributed by atoms with Gasteiger partial charge in [-0.05, 0) is 56.3 Å². The van der Waals surface area contributed by atoms with Crippen molar-refractivity contribution in [1.29, 1.82) is 0 Å². The van der Waals surface area contributed by atoms with E-state index in [1.54, 1.807) is 25.1 Å². The molecule has 4 heteroatoms. The van der Waals surface area contributed by atoms with Crippen LogP contribution in [0.2, 0.25) is 0 Å². The number of hydrogen-bond acceptors (Lipinski definition) is 2. The predicted molar refractivity (Wildman–Crippen MR) is 88.0 cm³/mol. The molecule has 1 amide bonds. The van der Waals surface area contributed by atoms with Crippen molar-refractivity contribution in [2.75, 3.05) is 5.32 Å². The highest BCUT2D eigenvalue weighted by Gasteiger charge is 2.16. The number of carbonyl (C=O) groups is 1. The lowest BCUT2D eigenvalue weighted by atomic mass is 10.1. The first-order chi connectivity index (χ1) is 11.0. The lowest BCUT2D eigenvalue weighted by Crippen LogP contribution is -2.11. The number of benzene rings is 2. The number of rotatable bonds is 3. The van der Waals surface area contributed by atoms with Gasteiger partial charge in [-0.1, -0.05) is 17.7 Å². The fourth-order valence-corrected chi connectivity index (χ4v) is 2.30. The Morgan fingerprint density at radius 2 is 1.65 bits per heavy atom. The molecule has 3 aromatic rings. The highest BCUT2D eigenvalue weighted by atomic mass is 19.1. The number of furan rings is 1. The molecule has 116 valence electrons. The zero-order valence-electron chi connectivity index (χ0n) is 12.9. The van der Waals surface area contributed by atoms with Crippen molar-refractivity contribution in [2.45, 2.75) is 13.8 Å². The molecule has 0 saturated heterocycles. The summed E-state index contributed by atoms with van der Waals surface area (Å²) in [5, 5.41) is 2.84. The third kappa shape index (κ3) is 3.31. The van der Waals surface area contributed by atoms with Crippen LogP contribution in [-0.4, -0.2) is 5.91 Å². The standard InChI is InChI=1S/C19H16FNO2/c1-12-3-9-16(10-4-12)21-19(22)17-11-18(23-13(17)2)14-5-7-15(20)8-6-14/h3-11H,1-2H3,(H,21,22). The summed E-state index contributed by atoms with van der Waals surface area (Å²) in [4.78, 5) is 12.4. The number of carbonyl (C=O) groups excluding carboxylic acids is 1. The molecule has 0 bridgehead atoms. The highest BCUT2D eigenvalue weighted by molar-refractivity contribution is 6.05. The van der Waals surface area contributed by atoms with Gasteiger partial charge in [0, 0.05) is 11.3 Å². The molecule has 23 heavy (non-hydrogen) atoms. The van der Waals surface area contributed by atoms with Gasteiger partial charge < -0.3 is 9.73 Å². The number of anilines is 1. The summed E-state index contributed by atoms with van der Waals surface area (Å²) in [5.41, 5.74) is 3.04. The fraction of sp³-hybridized carbons (Fsp3) is 0.105. The second-order valence-corrected chi connectivity index (χ2v) is 5.41. The van der Waals surface area contributed by atoms with E-state index in [1.807, 2.05) is 31.2 Å². The second kappa shape index (κ2) is 6.08. The largest absolute Gasteiger partial charge is 0.461 e. The smallest absolute Gasteiger partial charge is 0.259 e. The molecule has 1 N–H and O–H groups in total. The van der Waals surface area contributed by atoms with E-state index >= 15 is 0 Å². The summed E-state index contributed by atoms with van der Waals surface area (Å²) in [6.45, 7) is 3.72. The van der Waals surface area contributed by atoms with Crippen LogP contribution in [0.4, 0.5) is 10.1 Å². The zero-order valence-corrected chi connectivity index (χ0v) is 12.9. The Morgan fingerprint density at radius 3 is 2.30 bits per heavy atom. The minimum absolute atomic E-state index is 0.233. The second-order valence-electron chi connectivity index (χ2n) is 5.41. The monoisotopic (exact) mass is 309 g/mol. The Labute approximate surface area is 133 Å². The maximum Gasteiger partial charge on any atom is 0.259 e. The van der Waals surface area contributed by atoms with E-state index in [9.17, 15) is 9.18 Å². The van der Waals surface area contributed by atoms with Crippen molar-refractivity contribution in [2.24, 2.45) is 0 Å². The summed E-state index contributed by atoms with van der Waals surface area (Å²) in [6, 6.07) is 15.2. The van der Waals surface area contributed by atoms with Gasteiger partial charge >= 0.3 is 0 Å². The topological polar surface area (TPSA) is 42.2 Å². The quantitative estimate of drug-likeness (QED) is 0.743. The number of aryl methyl sites for hydroxylation is 2. The summed E-state index contributed by atoms with van der Waals surface area (Å²) in [7, 11) is 0. The van der Waals surface area contributed by atoms with E-state index in [0.717, 1.165) is 16.8 Å². The lowest BCUT2D eigenvalue weighted by Gasteiger charge is -2.04. The van der Waals surface area contributed by atoms with Crippen LogP contribution >= 0.6 is 0 Å². The van der Waals surface area contributed by atoms with Crippen molar-refractivity contribution in [1.82, 2.24) is 0 Å². The molecule has 1 heterocycles. The molecular formula is C19H16FNO2. The molecule has 3 rings (SSSR count). The van der Waals surface area contributed by atoms with Gasteiger partial charge in [0.25, 0.3) is 5.91 Å². The van der Waals surface area contributed by atoms with Crippen LogP contribution in [0.1, 0.15) is 21.7 Å². The lowest BCUT2D eigenvalue weighted by molar-refractivity contribution is 0.102. The molecule has 0 aliphatic rings. The molecular weight excluding hydrogens is 293 g/mol. The van der Waals surface area contributed by atoms with E-state index in [1.165, 1.54) is 12.1 Å². The number of hydrogen-bond donors (Lipinski definition) is 1. The Kier molecular flexibility index (Phi) is 3.98. The van der Waals surface area contributed by atoms with Crippen LogP contribution in [0.5, 0.6) is 0 Å². The Hall–Kier alpha value is -2.88. The zero-order chi connectivity index (χ0) is 16.4. The molecule has 0 radical (unpaired) electrons. The van der Waals surface area contributed by atoms with Gasteiger partial charge in [-0.2, -0.15) is 0 Å². The van der Waals surface area contributed by atoms with Gasteiger partial charge in [0.05, 0.1) is 5.56 Å². The molecule has 0 aliphatic heterocycles. The molecule has 0 spiro atoms. The molecule has 0 unspecified atom stereocenters. The first kappa shape index (κ1) is 15.0. The molecule has 0 aliphatic carbocycles. The predicted octanol–water partition coefficient (Wildman–Crippen LogP) is 4.95. The molecule has 3 nitrogen and oxygen atoms in total. The number of amides is 1. The van der Waals surface area contributed by atoms with Crippen LogP contribution in [0.3, 0.4) is 0 Å². The van der Waals surface area contributed by atoms with E-state index in [0.29, 0.717) is 17.1 Å². The molecule has 2 aromatic carbocycles. The van der Waals surface area contributed by atoms with Crippen molar-refractivity contribution in [3.8, 4) is 11.3 Å². The Balaban J connectivity index is 1.84. The maximum atomic E-state index is 13.0. The molecule has 0 atom stereocenters. The van der Waals surface area contributed by atoms with Crippen LogP contribution in [-0.2, 0) is 0 Å². The average Bonchev–Trinajstić information content (AvgIpc) is 2.92. The minimum atomic E-state index is -0.311. The fourth-order valence-electron chi connectivity index (χ4n) is 2.30. The van der Waals surface area contributed by atoms with Crippen molar-refractivity contribution >= 4 is 11.6 Å². The Morgan fingerprint density at radius 1 is 1.00 bits per heavy atom. The minimum Gasteiger partial charge on any atom is -0.461 e. The van der Waals surface area contributed by atoms with Crippen molar-refractivity contribution in [3.63, 3.8) is 0 Å². The maximum absolute atomic E-state index is 13.0. The average molecular weight is 309 g/mol. The van der Waals surface area contributed by atoms with E-state index in [2.05, 4.69) is 5.32 Å². The SMILES string of the molecule is Cc1ccc(NC(=O)c2cc(-c3ccc(F)cc3)oc2C)cc1. The van der Waals surface area contributed by atoms with Gasteiger partial charge in [-0.25, -0.2) is 4.39 Å². The van der Waals surface area contributed by atoms with E-state index in [-0.39, 0.29) is 11.7 Å². The summed E-state index contributed by atoms with van der Waals surface area (Å²) >= 11 is 0. The van der Waals surface area contributed by atoms with Gasteiger partial charge in [0.2, 0.25) is 0 Å². The van der Waals surface area contributed by atoms with Crippen molar-refractivity contribution < 1.29 is 13.6 Å². The van der Waals surface area contributed by atoms with Gasteiger partial charge in [-0.3, -0.25) is 4.79 Å². The first-order valence-electron chi connectivity index (χ1n) is 7.27. The van der Waals surface area contributed by atoms with E-state index in [4.69, 9.17) is 4.42 Å². The highest BCUT2D eigenvalue weighted by Crippen LogP contribution is 2.26. The van der Waals surface area contributed by atoms with E-state index < -0.39 is 0 Å². The first-order valence-corrected chi connectivity index (χ1v) is 7.27. The molecule has 1 aromatic heterocycles. The van der Waals surface area contributed by atoms with Crippen molar-refractivity contribution in [3.05, 3.63) is 77.3 Å². The Bertz CT molecular complexity index is 833.